The molecule has 5 aromatic carbocycles. The molecule has 0 N–H and O–H groups in total. The summed E-state index contributed by atoms with van der Waals surface area (Å²) in [5.74, 6) is 0.752. The summed E-state index contributed by atoms with van der Waals surface area (Å²) in [6, 6.07) is 49.8. The van der Waals surface area contributed by atoms with Crippen molar-refractivity contribution in [2.24, 2.45) is 0 Å². The zero-order chi connectivity index (χ0) is 29.7. The lowest BCUT2D eigenvalue weighted by atomic mass is 9.78. The molecule has 2 aromatic heterocycles. The van der Waals surface area contributed by atoms with Gasteiger partial charge in [-0.2, -0.15) is 0 Å². The summed E-state index contributed by atoms with van der Waals surface area (Å²) in [4.78, 5) is 11.2. The lowest BCUT2D eigenvalue weighted by molar-refractivity contribution is 0.662. The van der Waals surface area contributed by atoms with Gasteiger partial charge in [-0.1, -0.05) is 135 Å². The average molecular weight is 583 g/mol. The number of nitrogens with zero attached hydrogens (tertiary/aromatic N) is 2. The molecule has 0 saturated carbocycles. The summed E-state index contributed by atoms with van der Waals surface area (Å²) >= 11 is 1.67. The van der Waals surface area contributed by atoms with Gasteiger partial charge in [-0.05, 0) is 68.1 Å². The minimum absolute atomic E-state index is 0.0845. The molecule has 8 rings (SSSR count). The summed E-state index contributed by atoms with van der Waals surface area (Å²) in [6.07, 6.45) is 0. The predicted octanol–water partition coefficient (Wildman–Crippen LogP) is 11.2. The Kier molecular flexibility index (Phi) is 6.36. The molecule has 0 fully saturated rings. The molecule has 0 spiro atoms. The molecule has 0 radical (unpaired) electrons. The molecule has 0 saturated heterocycles. The van der Waals surface area contributed by atoms with Gasteiger partial charge in [0.25, 0.3) is 0 Å². The first-order chi connectivity index (χ1) is 21.6. The molecule has 1 aliphatic rings. The summed E-state index contributed by atoms with van der Waals surface area (Å²) in [6.45, 7) is 4.69. The number of rotatable bonds is 5. The van der Waals surface area contributed by atoms with E-state index < -0.39 is 0 Å². The van der Waals surface area contributed by atoms with E-state index in [-0.39, 0.29) is 5.41 Å². The topological polar surface area (TPSA) is 25.8 Å². The number of hydrogen-bond acceptors (Lipinski definition) is 3. The van der Waals surface area contributed by atoms with Crippen LogP contribution in [0.25, 0.3) is 66.6 Å². The van der Waals surface area contributed by atoms with Gasteiger partial charge in [0.1, 0.15) is 0 Å². The van der Waals surface area contributed by atoms with Gasteiger partial charge in [-0.3, -0.25) is 0 Å². The number of hydrogen-bond donors (Lipinski definition) is 0. The Balaban J connectivity index is 1.24. The van der Waals surface area contributed by atoms with Gasteiger partial charge >= 0.3 is 0 Å². The van der Waals surface area contributed by atoms with Crippen molar-refractivity contribution >= 4 is 11.3 Å². The van der Waals surface area contributed by atoms with Gasteiger partial charge in [0.2, 0.25) is 0 Å². The zero-order valence-electron chi connectivity index (χ0n) is 24.7. The van der Waals surface area contributed by atoms with E-state index >= 15 is 0 Å². The van der Waals surface area contributed by atoms with E-state index in [2.05, 4.69) is 153 Å². The third-order valence-corrected chi connectivity index (χ3v) is 9.67. The highest BCUT2D eigenvalue weighted by Crippen LogP contribution is 2.52. The van der Waals surface area contributed by atoms with E-state index in [4.69, 9.17) is 9.97 Å². The summed E-state index contributed by atoms with van der Waals surface area (Å²) in [5.41, 5.74) is 14.2. The fraction of sp³-hybridized carbons (Fsp3) is 0.0732. The fourth-order valence-corrected chi connectivity index (χ4v) is 7.31. The van der Waals surface area contributed by atoms with Crippen LogP contribution in [-0.4, -0.2) is 9.97 Å². The third kappa shape index (κ3) is 4.49. The van der Waals surface area contributed by atoms with Crippen molar-refractivity contribution in [2.75, 3.05) is 0 Å². The van der Waals surface area contributed by atoms with Crippen LogP contribution < -0.4 is 0 Å². The first kappa shape index (κ1) is 26.5. The van der Waals surface area contributed by atoms with Gasteiger partial charge in [0.05, 0.1) is 16.3 Å². The molecule has 0 unspecified atom stereocenters. The van der Waals surface area contributed by atoms with Gasteiger partial charge in [0.15, 0.2) is 5.82 Å². The van der Waals surface area contributed by atoms with Crippen LogP contribution in [0.4, 0.5) is 0 Å². The first-order valence-electron chi connectivity index (χ1n) is 15.0. The van der Waals surface area contributed by atoms with Crippen molar-refractivity contribution in [2.45, 2.75) is 19.3 Å². The highest BCUT2D eigenvalue weighted by atomic mass is 32.1. The number of aromatic nitrogens is 2. The lowest BCUT2D eigenvalue weighted by Crippen LogP contribution is -2.16. The molecule has 44 heavy (non-hydrogen) atoms. The van der Waals surface area contributed by atoms with Crippen LogP contribution in [0.3, 0.4) is 0 Å². The minimum atomic E-state index is -0.0845. The number of benzene rings is 5. The molecule has 2 nitrogen and oxygen atoms in total. The number of fused-ring (bicyclic) bond motifs is 3. The highest BCUT2D eigenvalue weighted by Gasteiger charge is 2.37. The Morgan fingerprint density at radius 1 is 0.477 bits per heavy atom. The second-order valence-corrected chi connectivity index (χ2v) is 12.8. The molecular weight excluding hydrogens is 553 g/mol. The van der Waals surface area contributed by atoms with Crippen LogP contribution in [0, 0.1) is 0 Å². The highest BCUT2D eigenvalue weighted by molar-refractivity contribution is 7.13. The van der Waals surface area contributed by atoms with Gasteiger partial charge in [-0.15, -0.1) is 11.3 Å². The van der Waals surface area contributed by atoms with Gasteiger partial charge < -0.3 is 0 Å². The maximum absolute atomic E-state index is 5.10. The predicted molar refractivity (Wildman–Crippen MR) is 185 cm³/mol. The third-order valence-electron chi connectivity index (χ3n) is 8.80. The average Bonchev–Trinajstić information content (AvgIpc) is 3.71. The van der Waals surface area contributed by atoms with Crippen LogP contribution in [0.2, 0.25) is 0 Å². The molecule has 7 aromatic rings. The van der Waals surface area contributed by atoms with Crippen LogP contribution in [0.5, 0.6) is 0 Å². The second kappa shape index (κ2) is 10.6. The van der Waals surface area contributed by atoms with E-state index in [0.29, 0.717) is 0 Å². The maximum atomic E-state index is 5.10. The molecule has 0 atom stereocenters. The number of thiophene rings is 1. The standard InChI is InChI=1S/C41H30N2S/c1-41(2)35-18-7-6-15-33(35)34-17-9-16-32(39(34)41)30-13-8-14-31(25-30)37-26-36(42-40(43-37)38-19-10-24-44-38)29-22-20-28(21-23-29)27-11-4-3-5-12-27/h3-26H,1-2H3. The summed E-state index contributed by atoms with van der Waals surface area (Å²) in [5, 5.41) is 2.08. The monoisotopic (exact) mass is 582 g/mol. The van der Waals surface area contributed by atoms with E-state index in [9.17, 15) is 0 Å². The Bertz CT molecular complexity index is 2130. The largest absolute Gasteiger partial charge is 0.227 e. The van der Waals surface area contributed by atoms with Crippen molar-refractivity contribution in [3.63, 3.8) is 0 Å². The molecule has 0 amide bonds. The van der Waals surface area contributed by atoms with E-state index in [1.807, 2.05) is 6.07 Å². The molecule has 0 bridgehead atoms. The van der Waals surface area contributed by atoms with Crippen molar-refractivity contribution in [3.8, 4) is 66.6 Å². The van der Waals surface area contributed by atoms with Crippen LogP contribution in [0.1, 0.15) is 25.0 Å². The Morgan fingerprint density at radius 2 is 1.09 bits per heavy atom. The molecular formula is C41H30N2S. The zero-order valence-corrected chi connectivity index (χ0v) is 25.5. The molecule has 1 aliphatic carbocycles. The summed E-state index contributed by atoms with van der Waals surface area (Å²) in [7, 11) is 0. The normalized spacial score (nSPS) is 13.0. The second-order valence-electron chi connectivity index (χ2n) is 11.9. The van der Waals surface area contributed by atoms with Crippen molar-refractivity contribution < 1.29 is 0 Å². The quantitative estimate of drug-likeness (QED) is 0.202. The van der Waals surface area contributed by atoms with Gasteiger partial charge in [0, 0.05) is 16.5 Å². The van der Waals surface area contributed by atoms with Crippen LogP contribution >= 0.6 is 11.3 Å². The van der Waals surface area contributed by atoms with E-state index in [0.717, 1.165) is 33.2 Å². The lowest BCUT2D eigenvalue weighted by Gasteiger charge is -2.24. The van der Waals surface area contributed by atoms with E-state index in [1.165, 1.54) is 44.5 Å². The maximum Gasteiger partial charge on any atom is 0.170 e. The Morgan fingerprint density at radius 3 is 1.89 bits per heavy atom. The van der Waals surface area contributed by atoms with Crippen LogP contribution in [-0.2, 0) is 5.41 Å². The molecule has 2 heterocycles. The Hall–Kier alpha value is -5.12. The van der Waals surface area contributed by atoms with E-state index in [1.54, 1.807) is 11.3 Å². The smallest absolute Gasteiger partial charge is 0.170 e. The van der Waals surface area contributed by atoms with Crippen molar-refractivity contribution in [1.82, 2.24) is 9.97 Å². The Labute approximate surface area is 262 Å². The molecule has 3 heteroatoms. The molecule has 0 aliphatic heterocycles. The fourth-order valence-electron chi connectivity index (χ4n) is 6.66. The van der Waals surface area contributed by atoms with Gasteiger partial charge in [-0.25, -0.2) is 9.97 Å². The summed E-state index contributed by atoms with van der Waals surface area (Å²) < 4.78 is 0. The van der Waals surface area contributed by atoms with Crippen LogP contribution in [0.15, 0.2) is 145 Å². The van der Waals surface area contributed by atoms with Crippen molar-refractivity contribution in [1.29, 1.82) is 0 Å². The van der Waals surface area contributed by atoms with Crippen molar-refractivity contribution in [3.05, 3.63) is 156 Å². The molecule has 210 valence electrons. The minimum Gasteiger partial charge on any atom is -0.227 e. The first-order valence-corrected chi connectivity index (χ1v) is 15.9. The SMILES string of the molecule is CC1(C)c2ccccc2-c2cccc(-c3cccc(-c4cc(-c5ccc(-c6ccccc6)cc5)nc(-c5cccs5)n4)c3)c21.